The van der Waals surface area contributed by atoms with Crippen molar-refractivity contribution in [3.8, 4) is 0 Å². The predicted octanol–water partition coefficient (Wildman–Crippen LogP) is 3.51. The van der Waals surface area contributed by atoms with Crippen LogP contribution in [0.25, 0.3) is 0 Å². The van der Waals surface area contributed by atoms with Gasteiger partial charge in [-0.25, -0.2) is 12.7 Å². The van der Waals surface area contributed by atoms with Crippen LogP contribution in [0.15, 0.2) is 47.4 Å². The normalized spacial score (nSPS) is 11.7. The number of aryl methyl sites for hydroxylation is 1. The molecule has 0 heterocycles. The molecular weight excluding hydrogens is 320 g/mol. The van der Waals surface area contributed by atoms with Crippen molar-refractivity contribution in [2.75, 3.05) is 19.4 Å². The van der Waals surface area contributed by atoms with E-state index in [0.717, 1.165) is 16.8 Å². The van der Waals surface area contributed by atoms with Crippen LogP contribution in [0, 0.1) is 6.92 Å². The van der Waals surface area contributed by atoms with Crippen LogP contribution in [-0.4, -0.2) is 26.8 Å². The summed E-state index contributed by atoms with van der Waals surface area (Å²) in [5.74, 6) is 0. The van der Waals surface area contributed by atoms with E-state index in [1.165, 1.54) is 18.4 Å². The molecule has 2 aromatic carbocycles. The largest absolute Gasteiger partial charge is 0.381 e. The topological polar surface area (TPSA) is 49.4 Å². The number of benzene rings is 2. The molecule has 118 valence electrons. The summed E-state index contributed by atoms with van der Waals surface area (Å²) < 4.78 is 25.5. The zero-order valence-electron chi connectivity index (χ0n) is 12.8. The van der Waals surface area contributed by atoms with Crippen molar-refractivity contribution in [1.29, 1.82) is 0 Å². The second kappa shape index (κ2) is 6.69. The minimum absolute atomic E-state index is 0.290. The lowest BCUT2D eigenvalue weighted by atomic mass is 10.2. The molecule has 2 aromatic rings. The fourth-order valence-electron chi connectivity index (χ4n) is 1.93. The molecule has 4 nitrogen and oxygen atoms in total. The Morgan fingerprint density at radius 2 is 1.86 bits per heavy atom. The Labute approximate surface area is 136 Å². The number of halogens is 1. The molecule has 0 unspecified atom stereocenters. The smallest absolute Gasteiger partial charge is 0.242 e. The van der Waals surface area contributed by atoms with E-state index in [4.69, 9.17) is 11.6 Å². The highest BCUT2D eigenvalue weighted by Crippen LogP contribution is 2.21. The van der Waals surface area contributed by atoms with E-state index in [9.17, 15) is 8.42 Å². The van der Waals surface area contributed by atoms with E-state index >= 15 is 0 Å². The molecule has 1 N–H and O–H groups in total. The third kappa shape index (κ3) is 3.80. The summed E-state index contributed by atoms with van der Waals surface area (Å²) in [6, 6.07) is 12.7. The van der Waals surface area contributed by atoms with Crippen LogP contribution in [0.4, 0.5) is 5.69 Å². The second-order valence-corrected chi connectivity index (χ2v) is 7.81. The molecule has 0 bridgehead atoms. The number of hydrogen-bond acceptors (Lipinski definition) is 3. The minimum Gasteiger partial charge on any atom is -0.381 e. The van der Waals surface area contributed by atoms with E-state index in [1.807, 2.05) is 31.2 Å². The molecule has 0 saturated heterocycles. The van der Waals surface area contributed by atoms with Crippen molar-refractivity contribution < 1.29 is 8.42 Å². The van der Waals surface area contributed by atoms with Gasteiger partial charge in [-0.05, 0) is 42.3 Å². The summed E-state index contributed by atoms with van der Waals surface area (Å²) in [6.07, 6.45) is 0. The predicted molar refractivity (Wildman–Crippen MR) is 90.8 cm³/mol. The average molecular weight is 339 g/mol. The number of hydrogen-bond donors (Lipinski definition) is 1. The number of sulfonamides is 1. The third-order valence-corrected chi connectivity index (χ3v) is 5.56. The molecule has 22 heavy (non-hydrogen) atoms. The molecule has 0 spiro atoms. The third-order valence-electron chi connectivity index (χ3n) is 3.35. The SMILES string of the molecule is Cc1ccc(NCc2cccc(S(=O)(=O)N(C)C)c2)cc1Cl. The Kier molecular flexibility index (Phi) is 5.11. The molecule has 0 atom stereocenters. The van der Waals surface area contributed by atoms with E-state index < -0.39 is 10.0 Å². The Bertz CT molecular complexity index is 773. The van der Waals surface area contributed by atoms with Crippen LogP contribution in [0.3, 0.4) is 0 Å². The average Bonchev–Trinajstić information content (AvgIpc) is 2.48. The van der Waals surface area contributed by atoms with E-state index in [-0.39, 0.29) is 0 Å². The van der Waals surface area contributed by atoms with E-state index in [2.05, 4.69) is 5.32 Å². The fourth-order valence-corrected chi connectivity index (χ4v) is 3.09. The Hall–Kier alpha value is -1.56. The fraction of sp³-hybridized carbons (Fsp3) is 0.250. The highest BCUT2D eigenvalue weighted by molar-refractivity contribution is 7.89. The van der Waals surface area contributed by atoms with Crippen LogP contribution < -0.4 is 5.32 Å². The van der Waals surface area contributed by atoms with Crippen LogP contribution in [0.1, 0.15) is 11.1 Å². The summed E-state index contributed by atoms with van der Waals surface area (Å²) in [5.41, 5.74) is 2.81. The Balaban J connectivity index is 2.16. The van der Waals surface area contributed by atoms with Gasteiger partial charge in [-0.3, -0.25) is 0 Å². The molecule has 0 aliphatic carbocycles. The van der Waals surface area contributed by atoms with Gasteiger partial charge < -0.3 is 5.32 Å². The van der Waals surface area contributed by atoms with Crippen molar-refractivity contribution in [2.24, 2.45) is 0 Å². The van der Waals surface area contributed by atoms with Gasteiger partial charge in [-0.2, -0.15) is 0 Å². The standard InChI is InChI=1S/C16H19ClN2O2S/c1-12-7-8-14(10-16(12)17)18-11-13-5-4-6-15(9-13)22(20,21)19(2)3/h4-10,18H,11H2,1-3H3. The summed E-state index contributed by atoms with van der Waals surface area (Å²) in [5, 5.41) is 3.95. The molecule has 6 heteroatoms. The molecule has 0 aromatic heterocycles. The summed E-state index contributed by atoms with van der Waals surface area (Å²) >= 11 is 6.09. The van der Waals surface area contributed by atoms with Crippen LogP contribution in [-0.2, 0) is 16.6 Å². The lowest BCUT2D eigenvalue weighted by Crippen LogP contribution is -2.22. The zero-order chi connectivity index (χ0) is 16.3. The highest BCUT2D eigenvalue weighted by atomic mass is 35.5. The first-order valence-electron chi connectivity index (χ1n) is 6.82. The number of anilines is 1. The van der Waals surface area contributed by atoms with Crippen molar-refractivity contribution >= 4 is 27.3 Å². The first-order chi connectivity index (χ1) is 10.3. The van der Waals surface area contributed by atoms with Gasteiger partial charge in [0.1, 0.15) is 0 Å². The first kappa shape index (κ1) is 16.8. The highest BCUT2D eigenvalue weighted by Gasteiger charge is 2.16. The van der Waals surface area contributed by atoms with Crippen LogP contribution in [0.2, 0.25) is 5.02 Å². The molecular formula is C16H19ClN2O2S. The number of nitrogens with zero attached hydrogens (tertiary/aromatic N) is 1. The molecule has 0 saturated carbocycles. The lowest BCUT2D eigenvalue weighted by Gasteiger charge is -2.13. The molecule has 0 fully saturated rings. The maximum atomic E-state index is 12.1. The summed E-state index contributed by atoms with van der Waals surface area (Å²) in [4.78, 5) is 0.290. The van der Waals surface area contributed by atoms with Gasteiger partial charge in [-0.1, -0.05) is 29.8 Å². The Morgan fingerprint density at radius 3 is 2.50 bits per heavy atom. The van der Waals surface area contributed by atoms with E-state index in [1.54, 1.807) is 18.2 Å². The van der Waals surface area contributed by atoms with Crippen molar-refractivity contribution in [3.05, 3.63) is 58.6 Å². The van der Waals surface area contributed by atoms with Gasteiger partial charge in [-0.15, -0.1) is 0 Å². The van der Waals surface area contributed by atoms with Gasteiger partial charge in [0.15, 0.2) is 0 Å². The molecule has 0 aliphatic rings. The van der Waals surface area contributed by atoms with Gasteiger partial charge in [0, 0.05) is 31.4 Å². The molecule has 0 radical (unpaired) electrons. The monoisotopic (exact) mass is 338 g/mol. The second-order valence-electron chi connectivity index (χ2n) is 5.25. The van der Waals surface area contributed by atoms with E-state index in [0.29, 0.717) is 16.5 Å². The summed E-state index contributed by atoms with van der Waals surface area (Å²) in [7, 11) is -0.365. The van der Waals surface area contributed by atoms with Gasteiger partial charge >= 0.3 is 0 Å². The van der Waals surface area contributed by atoms with Crippen molar-refractivity contribution in [2.45, 2.75) is 18.4 Å². The molecule has 0 aliphatic heterocycles. The Morgan fingerprint density at radius 1 is 1.14 bits per heavy atom. The van der Waals surface area contributed by atoms with Crippen LogP contribution >= 0.6 is 11.6 Å². The van der Waals surface area contributed by atoms with Gasteiger partial charge in [0.2, 0.25) is 10.0 Å². The van der Waals surface area contributed by atoms with Crippen molar-refractivity contribution in [1.82, 2.24) is 4.31 Å². The van der Waals surface area contributed by atoms with Crippen molar-refractivity contribution in [3.63, 3.8) is 0 Å². The summed E-state index contributed by atoms with van der Waals surface area (Å²) in [6.45, 7) is 2.47. The quantitative estimate of drug-likeness (QED) is 0.907. The minimum atomic E-state index is -3.41. The molecule has 0 amide bonds. The zero-order valence-corrected chi connectivity index (χ0v) is 14.4. The number of rotatable bonds is 5. The lowest BCUT2D eigenvalue weighted by molar-refractivity contribution is 0.520. The maximum absolute atomic E-state index is 12.1. The first-order valence-corrected chi connectivity index (χ1v) is 8.64. The van der Waals surface area contributed by atoms with Gasteiger partial charge in [0.05, 0.1) is 4.90 Å². The van der Waals surface area contributed by atoms with Gasteiger partial charge in [0.25, 0.3) is 0 Å². The van der Waals surface area contributed by atoms with Crippen LogP contribution in [0.5, 0.6) is 0 Å². The maximum Gasteiger partial charge on any atom is 0.242 e. The molecule has 2 rings (SSSR count). The number of nitrogens with one attached hydrogen (secondary N) is 1.